The Balaban J connectivity index is 2.67. The zero-order chi connectivity index (χ0) is 9.35. The zero-order valence-corrected chi connectivity index (χ0v) is 6.67. The van der Waals surface area contributed by atoms with E-state index in [1.54, 1.807) is 0 Å². The van der Waals surface area contributed by atoms with Gasteiger partial charge in [-0.25, -0.2) is 8.42 Å². The molecule has 1 rings (SSSR count). The summed E-state index contributed by atoms with van der Waals surface area (Å²) >= 11 is 0. The maximum absolute atomic E-state index is 10.6. The van der Waals surface area contributed by atoms with Crippen molar-refractivity contribution in [1.29, 1.82) is 0 Å². The SMILES string of the molecule is O=C1CC(CS(=O)(=O)[O-])C(=O)O1. The van der Waals surface area contributed by atoms with E-state index in [0.717, 1.165) is 0 Å². The molecule has 1 saturated heterocycles. The van der Waals surface area contributed by atoms with E-state index >= 15 is 0 Å². The van der Waals surface area contributed by atoms with Crippen molar-refractivity contribution in [3.8, 4) is 0 Å². The molecule has 1 fully saturated rings. The molecular weight excluding hydrogens is 188 g/mol. The number of carbonyl (C=O) groups excluding carboxylic acids is 2. The summed E-state index contributed by atoms with van der Waals surface area (Å²) < 4.78 is 34.5. The van der Waals surface area contributed by atoms with Crippen molar-refractivity contribution in [2.45, 2.75) is 6.42 Å². The quantitative estimate of drug-likeness (QED) is 0.304. The molecule has 68 valence electrons. The van der Waals surface area contributed by atoms with Crippen molar-refractivity contribution in [2.24, 2.45) is 5.92 Å². The van der Waals surface area contributed by atoms with Crippen LogP contribution in [0.15, 0.2) is 0 Å². The fraction of sp³-hybridized carbons (Fsp3) is 0.600. The van der Waals surface area contributed by atoms with Crippen LogP contribution in [0.4, 0.5) is 0 Å². The molecule has 1 unspecified atom stereocenters. The van der Waals surface area contributed by atoms with E-state index in [0.29, 0.717) is 0 Å². The van der Waals surface area contributed by atoms with Gasteiger partial charge in [-0.15, -0.1) is 0 Å². The van der Waals surface area contributed by atoms with E-state index in [-0.39, 0.29) is 6.42 Å². The normalized spacial score (nSPS) is 24.2. The minimum Gasteiger partial charge on any atom is -0.748 e. The number of rotatable bonds is 2. The molecule has 1 atom stereocenters. The van der Waals surface area contributed by atoms with Crippen LogP contribution in [0.1, 0.15) is 6.42 Å². The molecule has 1 aliphatic rings. The van der Waals surface area contributed by atoms with Crippen molar-refractivity contribution >= 4 is 22.1 Å². The highest BCUT2D eigenvalue weighted by molar-refractivity contribution is 7.85. The van der Waals surface area contributed by atoms with Crippen LogP contribution in [0.2, 0.25) is 0 Å². The second-order valence-electron chi connectivity index (χ2n) is 2.42. The van der Waals surface area contributed by atoms with Crippen molar-refractivity contribution in [2.75, 3.05) is 5.75 Å². The standard InChI is InChI=1S/C5H6O6S/c6-4-1-3(5(7)11-4)2-12(8,9)10/h3H,1-2H2,(H,8,9,10)/p-1. The molecule has 0 aromatic carbocycles. The number of esters is 2. The predicted molar refractivity (Wildman–Crippen MR) is 33.8 cm³/mol. The number of ether oxygens (including phenoxy) is 1. The summed E-state index contributed by atoms with van der Waals surface area (Å²) in [5.41, 5.74) is 0. The molecule has 7 heteroatoms. The minimum atomic E-state index is -4.47. The fourth-order valence-corrected chi connectivity index (χ4v) is 1.64. The predicted octanol–water partition coefficient (Wildman–Crippen LogP) is -1.38. The molecule has 0 aromatic rings. The van der Waals surface area contributed by atoms with Gasteiger partial charge in [-0.2, -0.15) is 0 Å². The number of cyclic esters (lactones) is 2. The lowest BCUT2D eigenvalue weighted by Gasteiger charge is -2.07. The monoisotopic (exact) mass is 193 g/mol. The van der Waals surface area contributed by atoms with Gasteiger partial charge >= 0.3 is 11.9 Å². The van der Waals surface area contributed by atoms with Gasteiger partial charge in [0.05, 0.1) is 28.2 Å². The van der Waals surface area contributed by atoms with Crippen LogP contribution in [0.3, 0.4) is 0 Å². The van der Waals surface area contributed by atoms with Crippen LogP contribution < -0.4 is 0 Å². The van der Waals surface area contributed by atoms with E-state index < -0.39 is 33.7 Å². The molecule has 0 aromatic heterocycles. The second-order valence-corrected chi connectivity index (χ2v) is 3.87. The van der Waals surface area contributed by atoms with Crippen molar-refractivity contribution < 1.29 is 27.3 Å². The van der Waals surface area contributed by atoms with E-state index in [4.69, 9.17) is 0 Å². The summed E-state index contributed by atoms with van der Waals surface area (Å²) in [5, 5.41) is 0. The molecule has 0 saturated carbocycles. The van der Waals surface area contributed by atoms with Gasteiger partial charge in [0, 0.05) is 0 Å². The van der Waals surface area contributed by atoms with Crippen LogP contribution in [0.5, 0.6) is 0 Å². The Morgan fingerprint density at radius 2 is 2.08 bits per heavy atom. The van der Waals surface area contributed by atoms with E-state index in [9.17, 15) is 22.6 Å². The molecule has 1 aliphatic heterocycles. The zero-order valence-electron chi connectivity index (χ0n) is 5.85. The summed E-state index contributed by atoms with van der Waals surface area (Å²) in [6, 6.07) is 0. The molecule has 0 aliphatic carbocycles. The fourth-order valence-electron chi connectivity index (χ4n) is 0.895. The summed E-state index contributed by atoms with van der Waals surface area (Å²) in [6.45, 7) is 0. The third-order valence-corrected chi connectivity index (χ3v) is 2.18. The van der Waals surface area contributed by atoms with Crippen LogP contribution in [-0.4, -0.2) is 30.7 Å². The molecule has 0 spiro atoms. The molecule has 1 heterocycles. The molecule has 0 N–H and O–H groups in total. The summed E-state index contributed by atoms with van der Waals surface area (Å²) in [5.74, 6) is -3.69. The molecule has 12 heavy (non-hydrogen) atoms. The third kappa shape index (κ3) is 2.28. The first-order valence-electron chi connectivity index (χ1n) is 3.06. The Bertz CT molecular complexity index is 315. The first kappa shape index (κ1) is 9.14. The van der Waals surface area contributed by atoms with Gasteiger partial charge in [0.25, 0.3) is 0 Å². The molecule has 0 radical (unpaired) electrons. The smallest absolute Gasteiger partial charge is 0.318 e. The van der Waals surface area contributed by atoms with Crippen LogP contribution in [0.25, 0.3) is 0 Å². The van der Waals surface area contributed by atoms with Gasteiger partial charge in [0.2, 0.25) is 0 Å². The second kappa shape index (κ2) is 2.83. The van der Waals surface area contributed by atoms with Gasteiger partial charge in [-0.3, -0.25) is 9.59 Å². The van der Waals surface area contributed by atoms with Crippen molar-refractivity contribution in [1.82, 2.24) is 0 Å². The maximum atomic E-state index is 10.6. The Morgan fingerprint density at radius 1 is 1.50 bits per heavy atom. The molecule has 0 amide bonds. The Labute approximate surface area is 68.3 Å². The highest BCUT2D eigenvalue weighted by Gasteiger charge is 2.34. The highest BCUT2D eigenvalue weighted by Crippen LogP contribution is 2.16. The number of carbonyl (C=O) groups is 2. The third-order valence-electron chi connectivity index (χ3n) is 1.37. The average molecular weight is 193 g/mol. The summed E-state index contributed by atoms with van der Waals surface area (Å²) in [6.07, 6.45) is -0.319. The van der Waals surface area contributed by atoms with Crippen LogP contribution >= 0.6 is 0 Å². The maximum Gasteiger partial charge on any atom is 0.318 e. The minimum absolute atomic E-state index is 0.319. The van der Waals surface area contributed by atoms with Gasteiger partial charge in [-0.05, 0) is 0 Å². The van der Waals surface area contributed by atoms with E-state index in [1.807, 2.05) is 0 Å². The van der Waals surface area contributed by atoms with Gasteiger partial charge in [0.1, 0.15) is 0 Å². The summed E-state index contributed by atoms with van der Waals surface area (Å²) in [4.78, 5) is 21.0. The first-order chi connectivity index (χ1) is 5.38. The first-order valence-corrected chi connectivity index (χ1v) is 4.64. The van der Waals surface area contributed by atoms with Crippen molar-refractivity contribution in [3.05, 3.63) is 0 Å². The largest absolute Gasteiger partial charge is 0.748 e. The van der Waals surface area contributed by atoms with Gasteiger partial charge < -0.3 is 9.29 Å². The highest BCUT2D eigenvalue weighted by atomic mass is 32.2. The lowest BCUT2D eigenvalue weighted by Crippen LogP contribution is -2.19. The Kier molecular flexibility index (Phi) is 2.16. The molecule has 0 bridgehead atoms. The van der Waals surface area contributed by atoms with Crippen molar-refractivity contribution in [3.63, 3.8) is 0 Å². The van der Waals surface area contributed by atoms with Crippen LogP contribution in [-0.2, 0) is 24.4 Å². The molecular formula is C5H5O6S-. The van der Waals surface area contributed by atoms with Gasteiger partial charge in [-0.1, -0.05) is 0 Å². The lowest BCUT2D eigenvalue weighted by atomic mass is 10.1. The number of hydrogen-bond donors (Lipinski definition) is 0. The van der Waals surface area contributed by atoms with E-state index in [2.05, 4.69) is 4.74 Å². The van der Waals surface area contributed by atoms with Crippen LogP contribution in [0, 0.1) is 5.92 Å². The molecule has 6 nitrogen and oxygen atoms in total. The Morgan fingerprint density at radius 3 is 2.42 bits per heavy atom. The average Bonchev–Trinajstić information content (AvgIpc) is 2.06. The topological polar surface area (TPSA) is 101 Å². The lowest BCUT2D eigenvalue weighted by molar-refractivity contribution is -0.152. The van der Waals surface area contributed by atoms with Gasteiger partial charge in [0.15, 0.2) is 0 Å². The Hall–Kier alpha value is -0.950. The number of hydrogen-bond acceptors (Lipinski definition) is 6. The summed E-state index contributed by atoms with van der Waals surface area (Å²) in [7, 11) is -4.47. The van der Waals surface area contributed by atoms with E-state index in [1.165, 1.54) is 0 Å².